The first-order chi connectivity index (χ1) is 11.8. The summed E-state index contributed by atoms with van der Waals surface area (Å²) in [5, 5.41) is 6.42. The van der Waals surface area contributed by atoms with Gasteiger partial charge in [-0.15, -0.1) is 11.3 Å². The van der Waals surface area contributed by atoms with Crippen molar-refractivity contribution < 1.29 is 17.7 Å². The molecule has 3 rings (SSSR count). The first-order valence-corrected chi connectivity index (χ1v) is 9.57. The van der Waals surface area contributed by atoms with Crippen LogP contribution in [0.3, 0.4) is 0 Å². The van der Waals surface area contributed by atoms with Gasteiger partial charge in [0.25, 0.3) is 10.0 Å². The molecule has 1 amide bonds. The SMILES string of the molecule is CC(=O)Nc1ccc(NS(=O)(=O)c2ccc(-c3cc(C)no3)s2)cc1. The van der Waals surface area contributed by atoms with E-state index in [4.69, 9.17) is 4.52 Å². The number of carbonyl (C=O) groups excluding carboxylic acids is 1. The van der Waals surface area contributed by atoms with E-state index >= 15 is 0 Å². The quantitative estimate of drug-likeness (QED) is 0.709. The molecule has 0 aliphatic rings. The highest BCUT2D eigenvalue weighted by atomic mass is 32.2. The van der Waals surface area contributed by atoms with Crippen LogP contribution in [0, 0.1) is 6.92 Å². The van der Waals surface area contributed by atoms with E-state index in [-0.39, 0.29) is 10.1 Å². The van der Waals surface area contributed by atoms with E-state index in [0.29, 0.717) is 22.0 Å². The summed E-state index contributed by atoms with van der Waals surface area (Å²) < 4.78 is 32.8. The molecule has 0 radical (unpaired) electrons. The van der Waals surface area contributed by atoms with Crippen molar-refractivity contribution in [1.29, 1.82) is 0 Å². The molecule has 2 N–H and O–H groups in total. The minimum absolute atomic E-state index is 0.169. The number of hydrogen-bond donors (Lipinski definition) is 2. The molecular weight excluding hydrogens is 362 g/mol. The summed E-state index contributed by atoms with van der Waals surface area (Å²) in [7, 11) is -3.71. The van der Waals surface area contributed by atoms with E-state index < -0.39 is 10.0 Å². The van der Waals surface area contributed by atoms with Crippen molar-refractivity contribution in [2.24, 2.45) is 0 Å². The molecule has 9 heteroatoms. The summed E-state index contributed by atoms with van der Waals surface area (Å²) in [5.74, 6) is 0.339. The molecule has 130 valence electrons. The Morgan fingerprint density at radius 3 is 2.40 bits per heavy atom. The molecule has 1 aromatic carbocycles. The highest BCUT2D eigenvalue weighted by molar-refractivity contribution is 7.94. The zero-order valence-electron chi connectivity index (χ0n) is 13.4. The minimum atomic E-state index is -3.71. The Kier molecular flexibility index (Phi) is 4.60. The number of sulfonamides is 1. The average molecular weight is 377 g/mol. The number of nitrogens with one attached hydrogen (secondary N) is 2. The van der Waals surface area contributed by atoms with Gasteiger partial charge in [-0.25, -0.2) is 8.42 Å². The van der Waals surface area contributed by atoms with Crippen LogP contribution in [0.1, 0.15) is 12.6 Å². The molecule has 25 heavy (non-hydrogen) atoms. The third-order valence-corrected chi connectivity index (χ3v) is 6.15. The summed E-state index contributed by atoms with van der Waals surface area (Å²) in [6.45, 7) is 3.20. The molecule has 0 aliphatic heterocycles. The Hall–Kier alpha value is -2.65. The molecule has 0 saturated carbocycles. The normalized spacial score (nSPS) is 11.3. The van der Waals surface area contributed by atoms with Gasteiger partial charge in [0.2, 0.25) is 5.91 Å². The zero-order valence-corrected chi connectivity index (χ0v) is 15.1. The second-order valence-corrected chi connectivity index (χ2v) is 8.31. The fourth-order valence-corrected chi connectivity index (χ4v) is 4.42. The number of anilines is 2. The first-order valence-electron chi connectivity index (χ1n) is 7.27. The average Bonchev–Trinajstić information content (AvgIpc) is 3.17. The molecule has 0 bridgehead atoms. The number of aryl methyl sites for hydroxylation is 1. The van der Waals surface area contributed by atoms with Gasteiger partial charge in [0.15, 0.2) is 5.76 Å². The third kappa shape index (κ3) is 4.06. The van der Waals surface area contributed by atoms with Gasteiger partial charge in [0, 0.05) is 24.4 Å². The maximum absolute atomic E-state index is 12.5. The Morgan fingerprint density at radius 1 is 1.12 bits per heavy atom. The van der Waals surface area contributed by atoms with Crippen LogP contribution in [0.25, 0.3) is 10.6 Å². The molecule has 3 aromatic rings. The molecule has 2 aromatic heterocycles. The maximum atomic E-state index is 12.5. The summed E-state index contributed by atoms with van der Waals surface area (Å²) in [5.41, 5.74) is 1.72. The van der Waals surface area contributed by atoms with Crippen LogP contribution in [-0.2, 0) is 14.8 Å². The van der Waals surface area contributed by atoms with Gasteiger partial charge in [-0.05, 0) is 43.3 Å². The van der Waals surface area contributed by atoms with E-state index in [0.717, 1.165) is 17.0 Å². The molecule has 0 fully saturated rings. The number of amides is 1. The van der Waals surface area contributed by atoms with Crippen LogP contribution >= 0.6 is 11.3 Å². The van der Waals surface area contributed by atoms with E-state index in [1.165, 1.54) is 13.0 Å². The smallest absolute Gasteiger partial charge is 0.271 e. The molecule has 0 atom stereocenters. The van der Waals surface area contributed by atoms with Crippen molar-refractivity contribution in [3.8, 4) is 10.6 Å². The number of aromatic nitrogens is 1. The van der Waals surface area contributed by atoms with Crippen molar-refractivity contribution >= 4 is 38.6 Å². The summed E-state index contributed by atoms with van der Waals surface area (Å²) >= 11 is 1.10. The van der Waals surface area contributed by atoms with E-state index in [2.05, 4.69) is 15.2 Å². The van der Waals surface area contributed by atoms with Crippen LogP contribution in [0.5, 0.6) is 0 Å². The van der Waals surface area contributed by atoms with Crippen LogP contribution < -0.4 is 10.0 Å². The number of thiophene rings is 1. The molecule has 7 nitrogen and oxygen atoms in total. The van der Waals surface area contributed by atoms with Crippen LogP contribution in [0.15, 0.2) is 51.2 Å². The Bertz CT molecular complexity index is 1000. The second kappa shape index (κ2) is 6.69. The molecular formula is C16H15N3O4S2. The lowest BCUT2D eigenvalue weighted by Crippen LogP contribution is -2.11. The predicted molar refractivity (Wildman–Crippen MR) is 96.1 cm³/mol. The van der Waals surface area contributed by atoms with E-state index in [1.54, 1.807) is 43.3 Å². The van der Waals surface area contributed by atoms with Gasteiger partial charge in [0.05, 0.1) is 10.6 Å². The fourth-order valence-electron chi connectivity index (χ4n) is 2.11. The van der Waals surface area contributed by atoms with Gasteiger partial charge in [0.1, 0.15) is 4.21 Å². The highest BCUT2D eigenvalue weighted by Crippen LogP contribution is 2.32. The minimum Gasteiger partial charge on any atom is -0.355 e. The number of hydrogen-bond acceptors (Lipinski definition) is 6. The van der Waals surface area contributed by atoms with Crippen molar-refractivity contribution in [2.75, 3.05) is 10.0 Å². The number of benzene rings is 1. The number of carbonyl (C=O) groups is 1. The monoisotopic (exact) mass is 377 g/mol. The Morgan fingerprint density at radius 2 is 1.80 bits per heavy atom. The molecule has 0 saturated heterocycles. The topological polar surface area (TPSA) is 101 Å². The zero-order chi connectivity index (χ0) is 18.0. The van der Waals surface area contributed by atoms with E-state index in [9.17, 15) is 13.2 Å². The third-order valence-electron chi connectivity index (χ3n) is 3.17. The highest BCUT2D eigenvalue weighted by Gasteiger charge is 2.19. The van der Waals surface area contributed by atoms with Crippen LogP contribution in [0.4, 0.5) is 11.4 Å². The Labute approximate surface area is 148 Å². The van der Waals surface area contributed by atoms with Crippen molar-refractivity contribution in [1.82, 2.24) is 5.16 Å². The summed E-state index contributed by atoms with van der Waals surface area (Å²) in [6, 6.07) is 11.3. The van der Waals surface area contributed by atoms with Gasteiger partial charge in [-0.2, -0.15) is 0 Å². The maximum Gasteiger partial charge on any atom is 0.271 e. The van der Waals surface area contributed by atoms with Gasteiger partial charge in [-0.1, -0.05) is 5.16 Å². The van der Waals surface area contributed by atoms with Crippen molar-refractivity contribution in [3.63, 3.8) is 0 Å². The molecule has 0 aliphatic carbocycles. The summed E-state index contributed by atoms with van der Waals surface area (Å²) in [4.78, 5) is 11.7. The van der Waals surface area contributed by atoms with Crippen molar-refractivity contribution in [3.05, 3.63) is 48.2 Å². The standard InChI is InChI=1S/C16H15N3O4S2/c1-10-9-14(23-18-10)15-7-8-16(24-15)25(21,22)19-13-5-3-12(4-6-13)17-11(2)20/h3-9,19H,1-2H3,(H,17,20). The lowest BCUT2D eigenvalue weighted by Gasteiger charge is -2.07. The predicted octanol–water partition coefficient (Wildman–Crippen LogP) is 3.47. The largest absolute Gasteiger partial charge is 0.355 e. The van der Waals surface area contributed by atoms with Crippen LogP contribution in [0.2, 0.25) is 0 Å². The first kappa shape index (κ1) is 17.2. The van der Waals surface area contributed by atoms with E-state index in [1.807, 2.05) is 0 Å². The lowest BCUT2D eigenvalue weighted by atomic mass is 10.3. The second-order valence-electron chi connectivity index (χ2n) is 5.32. The number of rotatable bonds is 5. The Balaban J connectivity index is 1.78. The fraction of sp³-hybridized carbons (Fsp3) is 0.125. The van der Waals surface area contributed by atoms with Crippen LogP contribution in [-0.4, -0.2) is 19.5 Å². The number of nitrogens with zero attached hydrogens (tertiary/aromatic N) is 1. The van der Waals surface area contributed by atoms with Gasteiger partial charge >= 0.3 is 0 Å². The molecule has 0 spiro atoms. The van der Waals surface area contributed by atoms with Gasteiger partial charge < -0.3 is 9.84 Å². The lowest BCUT2D eigenvalue weighted by molar-refractivity contribution is -0.114. The summed E-state index contributed by atoms with van der Waals surface area (Å²) in [6.07, 6.45) is 0. The molecule has 0 unspecified atom stereocenters. The van der Waals surface area contributed by atoms with Crippen molar-refractivity contribution in [2.45, 2.75) is 18.1 Å². The van der Waals surface area contributed by atoms with Gasteiger partial charge in [-0.3, -0.25) is 9.52 Å². The molecule has 2 heterocycles.